The number of methoxy groups -OCH3 is 1. The number of nitrogens with two attached hydrogens (primary N) is 3. The van der Waals surface area contributed by atoms with Gasteiger partial charge in [0.05, 0.1) is 43.6 Å². The number of aromatic nitrogens is 15. The molecule has 10 rings (SSSR count). The van der Waals surface area contributed by atoms with Gasteiger partial charge in [0.15, 0.2) is 9.70 Å². The molecule has 3 aliphatic rings. The first-order valence-corrected chi connectivity index (χ1v) is 24.1. The number of anilines is 5. The maximum atomic E-state index is 12.7. The Morgan fingerprint density at radius 1 is 0.652 bits per heavy atom. The lowest BCUT2D eigenvalue weighted by Crippen LogP contribution is -2.27. The van der Waals surface area contributed by atoms with Crippen LogP contribution >= 0.6 is 49.9 Å². The smallest absolute Gasteiger partial charge is 0.245 e. The van der Waals surface area contributed by atoms with Gasteiger partial charge in [0.25, 0.3) is 0 Å². The molecule has 0 bridgehead atoms. The summed E-state index contributed by atoms with van der Waals surface area (Å²) in [7, 11) is 1.55. The number of nitrogens with zero attached hydrogens (tertiary/aromatic N) is 18. The molecule has 3 aliphatic heterocycles. The molecule has 0 saturated carbocycles. The number of Topliss-reactive ketones (excluding diaryl/α,β-unsaturated/α-hetero) is 1. The lowest BCUT2D eigenvalue weighted by atomic mass is 10.0. The van der Waals surface area contributed by atoms with Gasteiger partial charge in [-0.3, -0.25) is 4.79 Å². The predicted octanol–water partition coefficient (Wildman–Crippen LogP) is 2.96. The fraction of sp³-hybridized carbons (Fsp3) is 0.436. The Morgan fingerprint density at radius 2 is 1.15 bits per heavy atom. The highest BCUT2D eigenvalue weighted by Gasteiger charge is 2.28. The van der Waals surface area contributed by atoms with Crippen molar-refractivity contribution >= 4 is 83.8 Å². The van der Waals surface area contributed by atoms with Gasteiger partial charge in [-0.1, -0.05) is 53.0 Å². The third kappa shape index (κ3) is 14.5. The summed E-state index contributed by atoms with van der Waals surface area (Å²) in [5, 5.41) is 50.8. The molecule has 27 heteroatoms. The van der Waals surface area contributed by atoms with Crippen LogP contribution in [0.5, 0.6) is 0 Å². The van der Waals surface area contributed by atoms with Crippen LogP contribution in [0.15, 0.2) is 71.4 Å². The van der Waals surface area contributed by atoms with Crippen LogP contribution in [0.25, 0.3) is 0 Å². The van der Waals surface area contributed by atoms with E-state index in [1.165, 1.54) is 34.0 Å². The van der Waals surface area contributed by atoms with Crippen LogP contribution in [0, 0.1) is 11.8 Å². The highest BCUT2D eigenvalue weighted by Crippen LogP contribution is 2.27. The van der Waals surface area contributed by atoms with Gasteiger partial charge in [-0.15, -0.1) is 57.2 Å². The zero-order chi connectivity index (χ0) is 46.1. The fourth-order valence-corrected chi connectivity index (χ4v) is 9.92. The lowest BCUT2D eigenvalue weighted by Gasteiger charge is -2.14. The minimum atomic E-state index is -0.577. The fourth-order valence-electron chi connectivity index (χ4n) is 7.31. The number of hydrogen-bond acceptors (Lipinski definition) is 26. The van der Waals surface area contributed by atoms with E-state index in [0.29, 0.717) is 39.9 Å². The molecule has 0 amide bonds. The number of carbonyl (C=O) groups is 1. The molecule has 0 spiro atoms. The van der Waals surface area contributed by atoms with Gasteiger partial charge < -0.3 is 36.6 Å². The monoisotopic (exact) mass is 1020 g/mol. The van der Waals surface area contributed by atoms with E-state index in [1.54, 1.807) is 44.3 Å². The summed E-state index contributed by atoms with van der Waals surface area (Å²) in [6, 6.07) is 9.78. The molecule has 0 unspecified atom stereocenters. The molecule has 0 aliphatic carbocycles. The largest absolute Gasteiger partial charge is 0.374 e. The average Bonchev–Trinajstić information content (AvgIpc) is 4.23. The van der Waals surface area contributed by atoms with E-state index >= 15 is 0 Å². The summed E-state index contributed by atoms with van der Waals surface area (Å²) >= 11 is 7.38. The number of halogens is 1. The van der Waals surface area contributed by atoms with E-state index in [4.69, 9.17) is 21.9 Å². The average molecular weight is 1020 g/mol. The topological polar surface area (TPSA) is 307 Å². The molecule has 7 aromatic rings. The number of hydrogen-bond donors (Lipinski definition) is 3. The van der Waals surface area contributed by atoms with Crippen molar-refractivity contribution in [3.63, 3.8) is 0 Å². The molecule has 23 nitrogen and oxygen atoms in total. The molecule has 3 fully saturated rings. The molecule has 346 valence electrons. The van der Waals surface area contributed by atoms with Crippen LogP contribution < -0.4 is 31.9 Å². The van der Waals surface area contributed by atoms with E-state index in [1.807, 2.05) is 30.3 Å². The third-order valence-corrected chi connectivity index (χ3v) is 13.3. The second-order valence-corrected chi connectivity index (χ2v) is 19.6. The summed E-state index contributed by atoms with van der Waals surface area (Å²) in [6.45, 7) is 5.46. The number of nitrogen functional groups attached to an aromatic ring is 2. The minimum Gasteiger partial charge on any atom is -0.374 e. The van der Waals surface area contributed by atoms with Crippen LogP contribution in [0.4, 0.5) is 28.1 Å². The van der Waals surface area contributed by atoms with Crippen molar-refractivity contribution in [3.05, 3.63) is 92.0 Å². The summed E-state index contributed by atoms with van der Waals surface area (Å²) < 4.78 is 6.15. The molecule has 6 aromatic heterocycles. The van der Waals surface area contributed by atoms with Gasteiger partial charge >= 0.3 is 0 Å². The summed E-state index contributed by atoms with van der Waals surface area (Å²) in [5.41, 5.74) is 17.4. The molecule has 9 heterocycles. The van der Waals surface area contributed by atoms with Crippen molar-refractivity contribution in [2.45, 2.75) is 50.7 Å². The predicted molar refractivity (Wildman–Crippen MR) is 253 cm³/mol. The van der Waals surface area contributed by atoms with E-state index < -0.39 is 6.10 Å². The van der Waals surface area contributed by atoms with Crippen LogP contribution in [0.2, 0.25) is 0 Å². The molecule has 6 N–H and O–H groups in total. The number of benzene rings is 1. The van der Waals surface area contributed by atoms with E-state index in [9.17, 15) is 4.79 Å². The third-order valence-electron chi connectivity index (χ3n) is 10.3. The second-order valence-electron chi connectivity index (χ2n) is 15.1. The molecule has 0 radical (unpaired) electrons. The van der Waals surface area contributed by atoms with Gasteiger partial charge in [-0.25, -0.2) is 15.0 Å². The maximum Gasteiger partial charge on any atom is 0.245 e. The van der Waals surface area contributed by atoms with Gasteiger partial charge in [0.1, 0.15) is 21.1 Å². The van der Waals surface area contributed by atoms with Gasteiger partial charge in [0, 0.05) is 65.3 Å². The quantitative estimate of drug-likeness (QED) is 0.158. The molecule has 4 atom stereocenters. The Kier molecular flexibility index (Phi) is 17.8. The summed E-state index contributed by atoms with van der Waals surface area (Å²) in [5.74, 6) is 3.07. The Bertz CT molecular complexity index is 2480. The van der Waals surface area contributed by atoms with Crippen molar-refractivity contribution in [2.75, 3.05) is 72.5 Å². The van der Waals surface area contributed by atoms with Crippen molar-refractivity contribution < 1.29 is 9.53 Å². The number of carbonyl (C=O) groups excluding carboxylic acids is 1. The highest BCUT2D eigenvalue weighted by molar-refractivity contribution is 9.11. The summed E-state index contributed by atoms with van der Waals surface area (Å²) in [6.07, 6.45) is 14.3. The molecular formula is C39H48BrN21O2S3. The van der Waals surface area contributed by atoms with Crippen molar-refractivity contribution in [1.29, 1.82) is 0 Å². The Hall–Kier alpha value is -6.00. The molecular weight excluding hydrogens is 971 g/mol. The van der Waals surface area contributed by atoms with Gasteiger partial charge in [-0.2, -0.15) is 15.3 Å². The van der Waals surface area contributed by atoms with Crippen molar-refractivity contribution in [2.24, 2.45) is 17.6 Å². The van der Waals surface area contributed by atoms with Crippen LogP contribution in [-0.4, -0.2) is 134 Å². The van der Waals surface area contributed by atoms with Gasteiger partial charge in [-0.05, 0) is 52.6 Å². The highest BCUT2D eigenvalue weighted by atomic mass is 79.9. The van der Waals surface area contributed by atoms with E-state index in [2.05, 4.69) is 107 Å². The Morgan fingerprint density at radius 3 is 1.59 bits per heavy atom. The van der Waals surface area contributed by atoms with Gasteiger partial charge in [0.2, 0.25) is 28.1 Å². The van der Waals surface area contributed by atoms with Crippen molar-refractivity contribution in [1.82, 2.24) is 76.1 Å². The van der Waals surface area contributed by atoms with Crippen molar-refractivity contribution in [3.8, 4) is 0 Å². The molecule has 3 saturated heterocycles. The Balaban J connectivity index is 0.000000148. The first kappa shape index (κ1) is 47.9. The van der Waals surface area contributed by atoms with E-state index in [0.717, 1.165) is 95.9 Å². The molecule has 66 heavy (non-hydrogen) atoms. The standard InChI is InChI=1S/C20H22N6O2S.C10H13N7S.C7H11N5.C2H2BrN3S/c1-28-19(15-5-3-2-4-6-15)16(27)12-18-24-23-17(29-18)11-14-7-10-26(13-14)20-21-8-9-22-25-20;11-9-15-14-8(18-9)5-7-1-4-17(6-7)10-12-2-3-13-16-10;8-6-1-4-12(5-6)7-9-2-3-10-11-7;3-1-5-6-2(4)7-1/h2-6,8-9,14,19H,7,10-13H2,1H3;2-3,7H,1,4-6H2,(H2,11,15);2-3,6H,1,4-5,8H2;(H2,4,6)/t14-,19-;7-;6-;/m001./s1. The van der Waals surface area contributed by atoms with Crippen LogP contribution in [0.1, 0.15) is 46.0 Å². The number of ketones is 1. The maximum absolute atomic E-state index is 12.7. The Labute approximate surface area is 400 Å². The van der Waals surface area contributed by atoms with Crippen LogP contribution in [-0.2, 0) is 28.8 Å². The normalized spacial score (nSPS) is 18.1. The zero-order valence-electron chi connectivity index (χ0n) is 35.8. The first-order valence-electron chi connectivity index (χ1n) is 20.8. The SMILES string of the molecule is CO[C@H](C(=O)Cc1nnc(C[C@@H]2CCN(c3nccnn3)C2)s1)c1ccccc1.N[C@@H]1CCN(c2nccnn2)C1.Nc1nnc(Br)s1.Nc1nnc(C[C@@H]2CCN(c3nccnn3)C2)s1. The zero-order valence-corrected chi connectivity index (χ0v) is 39.9. The summed E-state index contributed by atoms with van der Waals surface area (Å²) in [4.78, 5) is 31.6. The first-order chi connectivity index (χ1) is 32.2. The van der Waals surface area contributed by atoms with Crippen LogP contribution in [0.3, 0.4) is 0 Å². The van der Waals surface area contributed by atoms with E-state index in [-0.39, 0.29) is 18.2 Å². The number of rotatable bonds is 12. The second kappa shape index (κ2) is 24.5. The molecule has 1 aromatic carbocycles. The number of ether oxygens (including phenoxy) is 1. The lowest BCUT2D eigenvalue weighted by molar-refractivity contribution is -0.128. The minimum absolute atomic E-state index is 0.0119.